The fourth-order valence-corrected chi connectivity index (χ4v) is 2.06. The summed E-state index contributed by atoms with van der Waals surface area (Å²) in [5.41, 5.74) is 6.09. The molecule has 1 aromatic carbocycles. The Kier molecular flexibility index (Phi) is 4.21. The summed E-state index contributed by atoms with van der Waals surface area (Å²) >= 11 is 2.99. The van der Waals surface area contributed by atoms with Crippen LogP contribution in [0.5, 0.6) is 0 Å². The zero-order chi connectivity index (χ0) is 14.0. The van der Waals surface area contributed by atoms with Crippen molar-refractivity contribution in [3.8, 4) is 0 Å². The van der Waals surface area contributed by atoms with Crippen molar-refractivity contribution in [2.45, 2.75) is 12.5 Å². The number of rotatable bonds is 3. The Bertz CT molecular complexity index is 587. The van der Waals surface area contributed by atoms with Gasteiger partial charge in [0.1, 0.15) is 17.5 Å². The molecule has 2 nitrogen and oxygen atoms in total. The van der Waals surface area contributed by atoms with Gasteiger partial charge in [-0.1, -0.05) is 0 Å². The molecule has 0 fully saturated rings. The molecule has 0 saturated carbocycles. The smallest absolute Gasteiger partial charge is 0.143 e. The van der Waals surface area contributed by atoms with Gasteiger partial charge in [-0.05, 0) is 46.6 Å². The third kappa shape index (κ3) is 3.13. The summed E-state index contributed by atoms with van der Waals surface area (Å²) < 4.78 is 40.3. The normalized spacial score (nSPS) is 12.5. The molecule has 0 aliphatic carbocycles. The van der Waals surface area contributed by atoms with Gasteiger partial charge in [0.2, 0.25) is 0 Å². The first-order valence-electron chi connectivity index (χ1n) is 5.48. The zero-order valence-corrected chi connectivity index (χ0v) is 11.3. The second-order valence-corrected chi connectivity index (χ2v) is 4.89. The lowest BCUT2D eigenvalue weighted by Crippen LogP contribution is -2.16. The van der Waals surface area contributed by atoms with Gasteiger partial charge in [-0.3, -0.25) is 4.98 Å². The van der Waals surface area contributed by atoms with E-state index in [1.165, 1.54) is 18.2 Å². The Hall–Kier alpha value is -1.40. The molecule has 0 radical (unpaired) electrons. The van der Waals surface area contributed by atoms with Gasteiger partial charge in [0.05, 0.1) is 22.4 Å². The van der Waals surface area contributed by atoms with E-state index in [4.69, 9.17) is 5.73 Å². The van der Waals surface area contributed by atoms with Crippen LogP contribution < -0.4 is 5.73 Å². The third-order valence-electron chi connectivity index (χ3n) is 2.69. The number of aromatic nitrogens is 1. The Balaban J connectivity index is 2.26. The monoisotopic (exact) mass is 330 g/mol. The van der Waals surface area contributed by atoms with Crippen molar-refractivity contribution >= 4 is 15.9 Å². The highest BCUT2D eigenvalue weighted by molar-refractivity contribution is 9.10. The molecule has 1 atom stereocenters. The zero-order valence-electron chi connectivity index (χ0n) is 9.71. The average molecular weight is 331 g/mol. The summed E-state index contributed by atoms with van der Waals surface area (Å²) in [7, 11) is 0. The topological polar surface area (TPSA) is 38.9 Å². The second-order valence-electron chi connectivity index (χ2n) is 4.03. The van der Waals surface area contributed by atoms with Gasteiger partial charge in [0.25, 0.3) is 0 Å². The largest absolute Gasteiger partial charge is 0.322 e. The molecule has 100 valence electrons. The maximum Gasteiger partial charge on any atom is 0.143 e. The minimum atomic E-state index is -0.709. The first-order valence-corrected chi connectivity index (χ1v) is 6.27. The molecule has 1 unspecified atom stereocenters. The van der Waals surface area contributed by atoms with Gasteiger partial charge in [0.15, 0.2) is 0 Å². The van der Waals surface area contributed by atoms with Crippen LogP contribution in [0.3, 0.4) is 0 Å². The first-order chi connectivity index (χ1) is 8.99. The van der Waals surface area contributed by atoms with Crippen LogP contribution in [0, 0.1) is 17.5 Å². The fourth-order valence-electron chi connectivity index (χ4n) is 1.69. The van der Waals surface area contributed by atoms with Crippen LogP contribution in [0.25, 0.3) is 0 Å². The van der Waals surface area contributed by atoms with Gasteiger partial charge < -0.3 is 5.73 Å². The third-order valence-corrected chi connectivity index (χ3v) is 3.31. The van der Waals surface area contributed by atoms with Crippen molar-refractivity contribution in [3.05, 3.63) is 63.6 Å². The lowest BCUT2D eigenvalue weighted by Gasteiger charge is -2.13. The quantitative estimate of drug-likeness (QED) is 0.875. The number of nitrogens with zero attached hydrogens (tertiary/aromatic N) is 1. The minimum Gasteiger partial charge on any atom is -0.322 e. The van der Waals surface area contributed by atoms with Gasteiger partial charge in [-0.15, -0.1) is 0 Å². The van der Waals surface area contributed by atoms with E-state index in [1.807, 2.05) is 0 Å². The van der Waals surface area contributed by atoms with E-state index in [1.54, 1.807) is 0 Å². The molecule has 0 spiro atoms. The molecule has 2 N–H and O–H groups in total. The molecule has 2 aromatic rings. The molecule has 0 bridgehead atoms. The molecule has 0 saturated heterocycles. The number of halogens is 4. The Morgan fingerprint density at radius 1 is 1.16 bits per heavy atom. The number of hydrogen-bond acceptors (Lipinski definition) is 2. The van der Waals surface area contributed by atoms with Crippen LogP contribution in [-0.2, 0) is 6.42 Å². The highest BCUT2D eigenvalue weighted by Crippen LogP contribution is 2.25. The average Bonchev–Trinajstić information content (AvgIpc) is 2.40. The van der Waals surface area contributed by atoms with Gasteiger partial charge in [-0.2, -0.15) is 0 Å². The van der Waals surface area contributed by atoms with Gasteiger partial charge >= 0.3 is 0 Å². The van der Waals surface area contributed by atoms with E-state index in [0.717, 1.165) is 12.3 Å². The molecule has 0 amide bonds. The summed E-state index contributed by atoms with van der Waals surface area (Å²) in [5.74, 6) is -1.84. The lowest BCUT2D eigenvalue weighted by atomic mass is 10.0. The van der Waals surface area contributed by atoms with E-state index in [-0.39, 0.29) is 16.5 Å². The van der Waals surface area contributed by atoms with Crippen molar-refractivity contribution in [2.75, 3.05) is 0 Å². The molecule has 6 heteroatoms. The number of benzene rings is 1. The van der Waals surface area contributed by atoms with Crippen LogP contribution in [0.1, 0.15) is 17.3 Å². The fraction of sp³-hybridized carbons (Fsp3) is 0.154. The summed E-state index contributed by atoms with van der Waals surface area (Å²) in [6, 6.07) is 4.34. The van der Waals surface area contributed by atoms with Crippen LogP contribution in [0.15, 0.2) is 34.9 Å². The van der Waals surface area contributed by atoms with Crippen LogP contribution in [0.4, 0.5) is 13.2 Å². The molecule has 1 heterocycles. The van der Waals surface area contributed by atoms with Crippen LogP contribution >= 0.6 is 15.9 Å². The SMILES string of the molecule is NC(Cc1c(F)ccc(Br)c1F)c1ccc(F)cn1. The highest BCUT2D eigenvalue weighted by atomic mass is 79.9. The molecular weight excluding hydrogens is 321 g/mol. The predicted molar refractivity (Wildman–Crippen MR) is 68.9 cm³/mol. The molecule has 0 aliphatic rings. The van der Waals surface area contributed by atoms with Crippen molar-refractivity contribution in [2.24, 2.45) is 5.73 Å². The number of nitrogens with two attached hydrogens (primary N) is 1. The first kappa shape index (κ1) is 14.0. The van der Waals surface area contributed by atoms with Crippen molar-refractivity contribution in [3.63, 3.8) is 0 Å². The molecule has 19 heavy (non-hydrogen) atoms. The predicted octanol–water partition coefficient (Wildman–Crippen LogP) is 3.50. The van der Waals surface area contributed by atoms with E-state index in [2.05, 4.69) is 20.9 Å². The second kappa shape index (κ2) is 5.71. The summed E-state index contributed by atoms with van der Waals surface area (Å²) in [5, 5.41) is 0. The molecule has 2 rings (SSSR count). The van der Waals surface area contributed by atoms with Gasteiger partial charge in [-0.25, -0.2) is 13.2 Å². The molecule has 1 aromatic heterocycles. The number of pyridine rings is 1. The van der Waals surface area contributed by atoms with E-state index >= 15 is 0 Å². The maximum atomic E-state index is 13.8. The molecule has 0 aliphatic heterocycles. The van der Waals surface area contributed by atoms with Crippen LogP contribution in [-0.4, -0.2) is 4.98 Å². The van der Waals surface area contributed by atoms with Crippen molar-refractivity contribution < 1.29 is 13.2 Å². The number of hydrogen-bond donors (Lipinski definition) is 1. The maximum absolute atomic E-state index is 13.8. The lowest BCUT2D eigenvalue weighted by molar-refractivity contribution is 0.532. The molecular formula is C13H10BrF3N2. The summed E-state index contributed by atoms with van der Waals surface area (Å²) in [4.78, 5) is 3.80. The highest BCUT2D eigenvalue weighted by Gasteiger charge is 2.17. The summed E-state index contributed by atoms with van der Waals surface area (Å²) in [6.45, 7) is 0. The Labute approximate surface area is 116 Å². The van der Waals surface area contributed by atoms with E-state index < -0.39 is 23.5 Å². The van der Waals surface area contributed by atoms with Crippen LogP contribution in [0.2, 0.25) is 0 Å². The minimum absolute atomic E-state index is 0.0598. The van der Waals surface area contributed by atoms with Crippen molar-refractivity contribution in [1.82, 2.24) is 4.98 Å². The Morgan fingerprint density at radius 3 is 2.53 bits per heavy atom. The standard InChI is InChI=1S/C13H10BrF3N2/c14-9-2-3-10(16)8(13(9)17)5-11(18)12-4-1-7(15)6-19-12/h1-4,6,11H,5,18H2. The van der Waals surface area contributed by atoms with E-state index in [9.17, 15) is 13.2 Å². The summed E-state index contributed by atoms with van der Waals surface area (Å²) in [6.07, 6.45) is 0.957. The Morgan fingerprint density at radius 2 is 1.89 bits per heavy atom. The van der Waals surface area contributed by atoms with E-state index in [0.29, 0.717) is 5.69 Å². The van der Waals surface area contributed by atoms with Crippen molar-refractivity contribution in [1.29, 1.82) is 0 Å². The van der Waals surface area contributed by atoms with Gasteiger partial charge in [0, 0.05) is 5.56 Å².